The van der Waals surface area contributed by atoms with Crippen molar-refractivity contribution in [1.82, 2.24) is 5.32 Å². The van der Waals surface area contributed by atoms with Gasteiger partial charge in [-0.2, -0.15) is 0 Å². The Hall–Kier alpha value is -0.190. The lowest BCUT2D eigenvalue weighted by molar-refractivity contribution is -0.174. The predicted molar refractivity (Wildman–Crippen MR) is 120 cm³/mol. The molecule has 3 aliphatic heterocycles. The fraction of sp³-hybridized carbons (Fsp3) is 0.952. The molecule has 3 saturated heterocycles. The molecule has 174 valence electrons. The van der Waals surface area contributed by atoms with E-state index in [1.807, 2.05) is 72.0 Å². The minimum atomic E-state index is -0.792. The monoisotopic (exact) mass is 463 g/mol. The van der Waals surface area contributed by atoms with Crippen molar-refractivity contribution in [2.24, 2.45) is 0 Å². The molecule has 0 saturated carbocycles. The molecule has 3 fully saturated rings. The van der Waals surface area contributed by atoms with Gasteiger partial charge in [-0.05, 0) is 73.3 Å². The van der Waals surface area contributed by atoms with Crippen LogP contribution in [0.4, 0.5) is 4.79 Å². The van der Waals surface area contributed by atoms with Gasteiger partial charge in [0.1, 0.15) is 23.9 Å². The van der Waals surface area contributed by atoms with Gasteiger partial charge in [-0.15, -0.1) is 23.5 Å². The van der Waals surface area contributed by atoms with Gasteiger partial charge < -0.3 is 29.0 Å². The lowest BCUT2D eigenvalue weighted by atomic mass is 9.98. The third-order valence-corrected chi connectivity index (χ3v) is 8.54. The SMILES string of the molecule is CC(C)(C)OC(=O)N[C@H]([C@H]1OC(C)(C)O[C@@H]1[C@H]1COC(C)(C)O1)C1(C)SCCCS1. The highest BCUT2D eigenvalue weighted by Crippen LogP contribution is 2.49. The van der Waals surface area contributed by atoms with Crippen LogP contribution < -0.4 is 5.32 Å². The molecular formula is C21H37NO6S2. The lowest BCUT2D eigenvalue weighted by Gasteiger charge is -2.43. The van der Waals surface area contributed by atoms with Crippen LogP contribution in [0.15, 0.2) is 0 Å². The number of hydrogen-bond acceptors (Lipinski definition) is 8. The molecule has 0 spiro atoms. The number of carbonyl (C=O) groups is 1. The van der Waals surface area contributed by atoms with Crippen LogP contribution in [0.5, 0.6) is 0 Å². The molecule has 4 atom stereocenters. The van der Waals surface area contributed by atoms with Crippen molar-refractivity contribution in [2.75, 3.05) is 18.1 Å². The first-order valence-corrected chi connectivity index (χ1v) is 12.6. The topological polar surface area (TPSA) is 75.3 Å². The quantitative estimate of drug-likeness (QED) is 0.667. The van der Waals surface area contributed by atoms with E-state index < -0.39 is 29.4 Å². The van der Waals surface area contributed by atoms with E-state index in [4.69, 9.17) is 23.7 Å². The van der Waals surface area contributed by atoms with Crippen molar-refractivity contribution in [3.8, 4) is 0 Å². The standard InChI is InChI=1S/C21H37NO6S2/c1-18(2,3)28-17(23)22-16(21(8)29-10-9-11-30-21)15-14(26-20(6,7)27-15)13-12-24-19(4,5)25-13/h13-16H,9-12H2,1-8H3,(H,22,23)/t13-,14-,15+,16-/m1/s1. The summed E-state index contributed by atoms with van der Waals surface area (Å²) in [5.74, 6) is 0.610. The molecule has 3 aliphatic rings. The molecule has 0 aromatic carbocycles. The molecule has 30 heavy (non-hydrogen) atoms. The van der Waals surface area contributed by atoms with Gasteiger partial charge in [-0.1, -0.05) is 0 Å². The number of alkyl carbamates (subject to hydrolysis) is 1. The minimum absolute atomic E-state index is 0.281. The summed E-state index contributed by atoms with van der Waals surface area (Å²) in [6, 6.07) is -0.332. The average molecular weight is 464 g/mol. The van der Waals surface area contributed by atoms with E-state index in [0.29, 0.717) is 6.61 Å². The fourth-order valence-corrected chi connectivity index (χ4v) is 7.17. The van der Waals surface area contributed by atoms with Gasteiger partial charge in [0, 0.05) is 0 Å². The summed E-state index contributed by atoms with van der Waals surface area (Å²) in [4.78, 5) is 12.8. The van der Waals surface area contributed by atoms with Gasteiger partial charge in [0.25, 0.3) is 0 Å². The van der Waals surface area contributed by atoms with Crippen LogP contribution in [0.25, 0.3) is 0 Å². The molecule has 0 aromatic heterocycles. The number of hydrogen-bond donors (Lipinski definition) is 1. The highest BCUT2D eigenvalue weighted by molar-refractivity contribution is 8.18. The van der Waals surface area contributed by atoms with Gasteiger partial charge in [0.2, 0.25) is 0 Å². The summed E-state index contributed by atoms with van der Waals surface area (Å²) in [6.45, 7) is 15.8. The molecule has 0 bridgehead atoms. The highest BCUT2D eigenvalue weighted by Gasteiger charge is 2.56. The van der Waals surface area contributed by atoms with Crippen LogP contribution in [0.3, 0.4) is 0 Å². The number of carbonyl (C=O) groups excluding carboxylic acids is 1. The van der Waals surface area contributed by atoms with Gasteiger partial charge >= 0.3 is 6.09 Å². The van der Waals surface area contributed by atoms with E-state index in [1.54, 1.807) is 0 Å². The maximum absolute atomic E-state index is 12.8. The van der Waals surface area contributed by atoms with Crippen LogP contribution in [-0.2, 0) is 23.7 Å². The first kappa shape index (κ1) is 24.5. The Bertz CT molecular complexity index is 629. The van der Waals surface area contributed by atoms with Crippen LogP contribution in [-0.4, -0.2) is 69.8 Å². The van der Waals surface area contributed by atoms with Crippen LogP contribution in [0.1, 0.15) is 61.8 Å². The molecule has 3 rings (SSSR count). The van der Waals surface area contributed by atoms with Crippen molar-refractivity contribution in [1.29, 1.82) is 0 Å². The Labute approximate surface area is 189 Å². The first-order valence-electron chi connectivity index (χ1n) is 10.6. The molecule has 0 aromatic rings. The summed E-state index contributed by atoms with van der Waals surface area (Å²) >= 11 is 3.70. The number of rotatable bonds is 4. The zero-order valence-corrected chi connectivity index (χ0v) is 21.0. The van der Waals surface area contributed by atoms with E-state index in [-0.39, 0.29) is 22.3 Å². The van der Waals surface area contributed by atoms with Crippen molar-refractivity contribution in [2.45, 2.75) is 107 Å². The van der Waals surface area contributed by atoms with Crippen LogP contribution >= 0.6 is 23.5 Å². The molecule has 0 aliphatic carbocycles. The Morgan fingerprint density at radius 1 is 1.03 bits per heavy atom. The van der Waals surface area contributed by atoms with Crippen molar-refractivity contribution < 1.29 is 28.5 Å². The number of thioether (sulfide) groups is 2. The molecule has 1 amide bonds. The second-order valence-electron chi connectivity index (χ2n) is 10.1. The molecular weight excluding hydrogens is 426 g/mol. The molecule has 7 nitrogen and oxygen atoms in total. The smallest absolute Gasteiger partial charge is 0.408 e. The van der Waals surface area contributed by atoms with E-state index in [9.17, 15) is 4.79 Å². The van der Waals surface area contributed by atoms with Crippen LogP contribution in [0.2, 0.25) is 0 Å². The first-order chi connectivity index (χ1) is 13.7. The number of nitrogens with one attached hydrogen (secondary N) is 1. The van der Waals surface area contributed by atoms with E-state index in [1.165, 1.54) is 0 Å². The Balaban J connectivity index is 1.88. The minimum Gasteiger partial charge on any atom is -0.444 e. The lowest BCUT2D eigenvalue weighted by Crippen LogP contribution is -2.60. The van der Waals surface area contributed by atoms with E-state index >= 15 is 0 Å². The number of amides is 1. The summed E-state index contributed by atoms with van der Waals surface area (Å²) in [6.07, 6.45) is -0.359. The average Bonchev–Trinajstić information content (AvgIpc) is 3.10. The highest BCUT2D eigenvalue weighted by atomic mass is 32.2. The summed E-state index contributed by atoms with van der Waals surface area (Å²) in [5, 5.41) is 3.13. The molecule has 0 unspecified atom stereocenters. The van der Waals surface area contributed by atoms with Crippen LogP contribution in [0, 0.1) is 0 Å². The van der Waals surface area contributed by atoms with Crippen molar-refractivity contribution >= 4 is 29.6 Å². The molecule has 0 radical (unpaired) electrons. The predicted octanol–water partition coefficient (Wildman–Crippen LogP) is 4.14. The second kappa shape index (κ2) is 8.63. The molecule has 1 N–H and O–H groups in total. The number of ether oxygens (including phenoxy) is 5. The molecule has 9 heteroatoms. The Morgan fingerprint density at radius 2 is 1.67 bits per heavy atom. The second-order valence-corrected chi connectivity index (χ2v) is 13.5. The largest absolute Gasteiger partial charge is 0.444 e. The van der Waals surface area contributed by atoms with E-state index in [2.05, 4.69) is 12.2 Å². The normalized spacial score (nSPS) is 33.8. The van der Waals surface area contributed by atoms with Gasteiger partial charge in [-0.3, -0.25) is 0 Å². The maximum atomic E-state index is 12.8. The summed E-state index contributed by atoms with van der Waals surface area (Å²) in [7, 11) is 0. The maximum Gasteiger partial charge on any atom is 0.408 e. The van der Waals surface area contributed by atoms with E-state index in [0.717, 1.165) is 17.9 Å². The zero-order chi connectivity index (χ0) is 22.4. The fourth-order valence-electron chi connectivity index (χ4n) is 4.02. The van der Waals surface area contributed by atoms with Crippen molar-refractivity contribution in [3.63, 3.8) is 0 Å². The zero-order valence-electron chi connectivity index (χ0n) is 19.4. The summed E-state index contributed by atoms with van der Waals surface area (Å²) < 4.78 is 29.9. The van der Waals surface area contributed by atoms with Crippen molar-refractivity contribution in [3.05, 3.63) is 0 Å². The Morgan fingerprint density at radius 3 is 2.20 bits per heavy atom. The third kappa shape index (κ3) is 5.98. The molecule has 3 heterocycles. The van der Waals surface area contributed by atoms with Gasteiger partial charge in [0.15, 0.2) is 11.6 Å². The Kier molecular flexibility index (Phi) is 7.03. The summed E-state index contributed by atoms with van der Waals surface area (Å²) in [5.41, 5.74) is -0.583. The van der Waals surface area contributed by atoms with Gasteiger partial charge in [0.05, 0.1) is 16.7 Å². The van der Waals surface area contributed by atoms with Gasteiger partial charge in [-0.25, -0.2) is 4.79 Å². The third-order valence-electron chi connectivity index (χ3n) is 5.19.